The summed E-state index contributed by atoms with van der Waals surface area (Å²) < 4.78 is 6.14. The summed E-state index contributed by atoms with van der Waals surface area (Å²) in [5, 5.41) is 0. The number of rotatable bonds is 6. The van der Waals surface area contributed by atoms with E-state index in [1.807, 2.05) is 24.3 Å². The SMILES string of the molecule is CN1C(c2ccc(-c3nc4ccccc4o3)cc2)=NC(c2ccc(N3c4ccccc4C(C)(C)c4ccccc43)cc2)=NC1c1ccc(N2c3ccccc3C(C)(C)c3ccccc32)cc1. The molecule has 0 spiro atoms. The van der Waals surface area contributed by atoms with Crippen LogP contribution in [0.2, 0.25) is 0 Å². The van der Waals surface area contributed by atoms with Gasteiger partial charge in [-0.15, -0.1) is 0 Å². The summed E-state index contributed by atoms with van der Waals surface area (Å²) in [4.78, 5) is 22.5. The maximum absolute atomic E-state index is 6.14. The van der Waals surface area contributed by atoms with E-state index in [0.717, 1.165) is 50.6 Å². The summed E-state index contributed by atoms with van der Waals surface area (Å²) in [6, 6.07) is 68.9. The zero-order valence-corrected chi connectivity index (χ0v) is 37.6. The number of amidine groups is 2. The van der Waals surface area contributed by atoms with Crippen molar-refractivity contribution in [1.82, 2.24) is 9.88 Å². The summed E-state index contributed by atoms with van der Waals surface area (Å²) >= 11 is 0. The standard InChI is InChI=1S/C59H48N6O/c1-58(2)44-16-6-11-21-49(44)64(50-22-12-7-17-45(50)58)42-34-30-38(31-35-42)54-61-55(39-26-28-41(29-27-39)57-60-48-20-10-15-25-53(48)66-57)63(5)56(62-54)40-32-36-43(37-33-40)65-51-23-13-8-18-46(51)59(3,4)47-19-9-14-24-52(47)65/h6-37,56H,1-5H3. The maximum atomic E-state index is 6.14. The van der Waals surface area contributed by atoms with E-state index in [9.17, 15) is 0 Å². The van der Waals surface area contributed by atoms with Crippen LogP contribution >= 0.6 is 0 Å². The highest BCUT2D eigenvalue weighted by molar-refractivity contribution is 6.13. The van der Waals surface area contributed by atoms with E-state index in [4.69, 9.17) is 19.4 Å². The molecule has 0 fully saturated rings. The van der Waals surface area contributed by atoms with E-state index in [2.05, 4.69) is 219 Å². The van der Waals surface area contributed by atoms with E-state index < -0.39 is 0 Å². The lowest BCUT2D eigenvalue weighted by Gasteiger charge is -2.42. The minimum atomic E-state index is -0.346. The van der Waals surface area contributed by atoms with Crippen LogP contribution in [-0.4, -0.2) is 28.6 Å². The van der Waals surface area contributed by atoms with Gasteiger partial charge in [0.25, 0.3) is 0 Å². The average Bonchev–Trinajstić information content (AvgIpc) is 3.80. The Morgan fingerprint density at radius 3 is 1.38 bits per heavy atom. The van der Waals surface area contributed by atoms with Crippen molar-refractivity contribution >= 4 is 56.9 Å². The Bertz CT molecular complexity index is 3270. The number of hydrogen-bond acceptors (Lipinski definition) is 7. The topological polar surface area (TPSA) is 60.5 Å². The van der Waals surface area contributed by atoms with Gasteiger partial charge in [0.1, 0.15) is 17.5 Å². The van der Waals surface area contributed by atoms with Crippen LogP contribution in [0.3, 0.4) is 0 Å². The summed E-state index contributed by atoms with van der Waals surface area (Å²) in [6.45, 7) is 9.28. The Labute approximate surface area is 385 Å². The van der Waals surface area contributed by atoms with E-state index in [-0.39, 0.29) is 17.0 Å². The predicted molar refractivity (Wildman–Crippen MR) is 270 cm³/mol. The minimum absolute atomic E-state index is 0.131. The lowest BCUT2D eigenvalue weighted by atomic mass is 9.73. The van der Waals surface area contributed by atoms with Crippen molar-refractivity contribution in [2.45, 2.75) is 44.7 Å². The number of aliphatic imine (C=N–C) groups is 2. The normalized spacial score (nSPS) is 16.7. The molecule has 66 heavy (non-hydrogen) atoms. The third-order valence-corrected chi connectivity index (χ3v) is 13.9. The molecule has 0 amide bonds. The number of nitrogens with zero attached hydrogens (tertiary/aromatic N) is 6. The summed E-state index contributed by atoms with van der Waals surface area (Å²) in [5.74, 6) is 2.09. The third-order valence-electron chi connectivity index (χ3n) is 13.9. The number of para-hydroxylation sites is 6. The summed E-state index contributed by atoms with van der Waals surface area (Å²) in [6.07, 6.45) is -0.346. The van der Waals surface area contributed by atoms with Crippen molar-refractivity contribution in [1.29, 1.82) is 0 Å². The molecule has 1 aromatic heterocycles. The third kappa shape index (κ3) is 6.21. The highest BCUT2D eigenvalue weighted by atomic mass is 16.3. The number of aromatic nitrogens is 1. The van der Waals surface area contributed by atoms with Gasteiger partial charge in [0, 0.05) is 45.9 Å². The zero-order chi connectivity index (χ0) is 44.7. The lowest BCUT2D eigenvalue weighted by Crippen LogP contribution is -2.35. The van der Waals surface area contributed by atoms with E-state index in [1.54, 1.807) is 0 Å². The monoisotopic (exact) mass is 856 g/mol. The van der Waals surface area contributed by atoms with Crippen LogP contribution in [0.25, 0.3) is 22.6 Å². The molecular formula is C59H48N6O. The molecule has 4 heterocycles. The number of oxazole rings is 1. The van der Waals surface area contributed by atoms with Crippen LogP contribution in [0.5, 0.6) is 0 Å². The molecule has 320 valence electrons. The van der Waals surface area contributed by atoms with Crippen molar-refractivity contribution in [3.63, 3.8) is 0 Å². The second-order valence-electron chi connectivity index (χ2n) is 18.6. The van der Waals surface area contributed by atoms with E-state index in [1.165, 1.54) is 45.0 Å². The van der Waals surface area contributed by atoms with Gasteiger partial charge in [0.15, 0.2) is 11.4 Å². The minimum Gasteiger partial charge on any atom is -0.436 e. The molecule has 0 bridgehead atoms. The van der Waals surface area contributed by atoms with Crippen molar-refractivity contribution in [2.75, 3.05) is 16.8 Å². The fourth-order valence-electron chi connectivity index (χ4n) is 10.4. The highest BCUT2D eigenvalue weighted by Gasteiger charge is 2.38. The van der Waals surface area contributed by atoms with Crippen LogP contribution < -0.4 is 9.80 Å². The Kier molecular flexibility index (Phi) is 9.01. The first-order valence-electron chi connectivity index (χ1n) is 22.7. The molecule has 7 nitrogen and oxygen atoms in total. The van der Waals surface area contributed by atoms with Crippen molar-refractivity contribution in [2.24, 2.45) is 9.98 Å². The molecule has 1 unspecified atom stereocenters. The van der Waals surface area contributed by atoms with Crippen LogP contribution in [0.1, 0.15) is 72.8 Å². The zero-order valence-electron chi connectivity index (χ0n) is 37.6. The number of benzene rings is 8. The van der Waals surface area contributed by atoms with Gasteiger partial charge < -0.3 is 19.1 Å². The molecule has 3 aliphatic rings. The summed E-state index contributed by atoms with van der Waals surface area (Å²) in [7, 11) is 2.08. The molecule has 1 atom stereocenters. The van der Waals surface area contributed by atoms with Gasteiger partial charge in [-0.2, -0.15) is 0 Å². The molecule has 0 saturated heterocycles. The highest BCUT2D eigenvalue weighted by Crippen LogP contribution is 2.53. The molecular weight excluding hydrogens is 809 g/mol. The van der Waals surface area contributed by atoms with Crippen LogP contribution in [-0.2, 0) is 10.8 Å². The smallest absolute Gasteiger partial charge is 0.227 e. The fraction of sp³-hybridized carbons (Fsp3) is 0.136. The van der Waals surface area contributed by atoms with Crippen LogP contribution in [0, 0.1) is 0 Å². The van der Waals surface area contributed by atoms with Gasteiger partial charge in [0.05, 0.1) is 22.7 Å². The van der Waals surface area contributed by atoms with Gasteiger partial charge >= 0.3 is 0 Å². The number of fused-ring (bicyclic) bond motifs is 5. The van der Waals surface area contributed by atoms with Gasteiger partial charge in [0.2, 0.25) is 5.89 Å². The molecule has 0 radical (unpaired) electrons. The predicted octanol–water partition coefficient (Wildman–Crippen LogP) is 14.6. The van der Waals surface area contributed by atoms with Crippen molar-refractivity contribution < 1.29 is 4.42 Å². The molecule has 7 heteroatoms. The first kappa shape index (κ1) is 39.6. The molecule has 12 rings (SSSR count). The Balaban J connectivity index is 0.933. The van der Waals surface area contributed by atoms with Crippen molar-refractivity contribution in [3.05, 3.63) is 233 Å². The molecule has 9 aromatic rings. The molecule has 0 saturated carbocycles. The maximum Gasteiger partial charge on any atom is 0.227 e. The molecule has 3 aliphatic heterocycles. The molecule has 8 aromatic carbocycles. The lowest BCUT2D eigenvalue weighted by molar-refractivity contribution is 0.383. The largest absolute Gasteiger partial charge is 0.436 e. The Morgan fingerprint density at radius 1 is 0.455 bits per heavy atom. The average molecular weight is 857 g/mol. The Morgan fingerprint density at radius 2 is 0.879 bits per heavy atom. The van der Waals surface area contributed by atoms with Gasteiger partial charge in [-0.05, 0) is 113 Å². The number of anilines is 6. The van der Waals surface area contributed by atoms with Gasteiger partial charge in [-0.1, -0.05) is 137 Å². The van der Waals surface area contributed by atoms with E-state index in [0.29, 0.717) is 11.7 Å². The first-order valence-corrected chi connectivity index (χ1v) is 22.7. The first-order chi connectivity index (χ1) is 32.1. The van der Waals surface area contributed by atoms with Gasteiger partial charge in [-0.25, -0.2) is 15.0 Å². The van der Waals surface area contributed by atoms with Crippen molar-refractivity contribution in [3.8, 4) is 11.5 Å². The number of hydrogen-bond donors (Lipinski definition) is 0. The summed E-state index contributed by atoms with van der Waals surface area (Å²) in [5.41, 5.74) is 17.4. The molecule has 0 N–H and O–H groups in total. The van der Waals surface area contributed by atoms with E-state index >= 15 is 0 Å². The second kappa shape index (κ2) is 15.0. The molecule has 0 aliphatic carbocycles. The van der Waals surface area contributed by atoms with Crippen LogP contribution in [0.15, 0.2) is 209 Å². The van der Waals surface area contributed by atoms with Crippen LogP contribution in [0.4, 0.5) is 34.1 Å². The Hall–Kier alpha value is -8.03. The second-order valence-corrected chi connectivity index (χ2v) is 18.6. The van der Waals surface area contributed by atoms with Gasteiger partial charge in [-0.3, -0.25) is 0 Å². The fourth-order valence-corrected chi connectivity index (χ4v) is 10.4. The quantitative estimate of drug-likeness (QED) is 0.167.